The summed E-state index contributed by atoms with van der Waals surface area (Å²) in [5, 5.41) is 42.3. The largest absolute Gasteiger partial charge is 0.481 e. The number of rotatable bonds is 44. The van der Waals surface area contributed by atoms with Gasteiger partial charge >= 0.3 is 5.97 Å². The van der Waals surface area contributed by atoms with Gasteiger partial charge in [-0.15, -0.1) is 0 Å². The number of carbonyl (C=O) groups excluding carboxylic acids is 10. The molecule has 34 nitrogen and oxygen atoms in total. The van der Waals surface area contributed by atoms with Crippen molar-refractivity contribution in [2.45, 2.75) is 191 Å². The third kappa shape index (κ3) is 32.5. The number of nitrogens with zero attached hydrogens (tertiary/aromatic N) is 3. The molecular weight excluding hydrogens is 1100 g/mol. The highest BCUT2D eigenvalue weighted by atomic mass is 16.4. The smallest absolute Gasteiger partial charge is 0.303 e. The van der Waals surface area contributed by atoms with Crippen LogP contribution in [0.25, 0.3) is 0 Å². The van der Waals surface area contributed by atoms with E-state index in [0.717, 1.165) is 6.92 Å². The molecule has 0 spiro atoms. The Morgan fingerprint density at radius 1 is 0.417 bits per heavy atom. The molecule has 0 aliphatic rings. The number of aliphatic hydroxyl groups excluding tert-OH is 1. The minimum atomic E-state index is -1.53. The van der Waals surface area contributed by atoms with E-state index in [2.05, 4.69) is 62.8 Å². The molecule has 0 aliphatic carbocycles. The number of aliphatic carboxylic acids is 1. The number of nitrogens with one attached hydrogen (secondary N) is 9. The number of carboxylic acids is 1. The third-order valence-corrected chi connectivity index (χ3v) is 12.9. The number of amides is 10. The maximum absolute atomic E-state index is 14.5. The van der Waals surface area contributed by atoms with Crippen LogP contribution >= 0.6 is 0 Å². The lowest BCUT2D eigenvalue weighted by Crippen LogP contribution is -2.61. The van der Waals surface area contributed by atoms with E-state index in [-0.39, 0.29) is 108 Å². The highest BCUT2D eigenvalue weighted by molar-refractivity contribution is 5.98. The van der Waals surface area contributed by atoms with Crippen molar-refractivity contribution < 1.29 is 63.0 Å². The molecule has 0 unspecified atom stereocenters. The SMILES string of the molecule is CC[C@H](C)[C@H](NC(=O)[C@H](CCCN=C(N)N)NC(=O)[C@H](C)NC(=O)[C@H](CCC(=O)O)NC(C)=O)C(=O)N[C@@H](CCCN=C(N)N)C(=O)N[C@@H](CCCCN)C(=O)N[C@@H](CCCCN)C(=O)N[C@@H](CCCN=C(N)N)C(=O)N[C@H](C(N)=O)[C@@H](C)O. The zero-order valence-electron chi connectivity index (χ0n) is 48.9. The number of hydrogen-bond donors (Lipinski definition) is 20. The van der Waals surface area contributed by atoms with E-state index in [4.69, 9.17) is 56.7 Å². The fraction of sp³-hybridized carbons (Fsp3) is 0.720. The molecule has 84 heavy (non-hydrogen) atoms. The maximum Gasteiger partial charge on any atom is 0.303 e. The number of primary amides is 1. The Balaban J connectivity index is 7.12. The van der Waals surface area contributed by atoms with Gasteiger partial charge in [-0.2, -0.15) is 0 Å². The van der Waals surface area contributed by atoms with Gasteiger partial charge in [0, 0.05) is 33.0 Å². The van der Waals surface area contributed by atoms with Crippen LogP contribution < -0.4 is 99.5 Å². The van der Waals surface area contributed by atoms with Crippen LogP contribution in [-0.2, 0) is 52.7 Å². The predicted octanol–water partition coefficient (Wildman–Crippen LogP) is -7.41. The minimum Gasteiger partial charge on any atom is -0.481 e. The van der Waals surface area contributed by atoms with Crippen LogP contribution in [0, 0.1) is 5.92 Å². The summed E-state index contributed by atoms with van der Waals surface area (Å²) in [6.45, 7) is 7.50. The van der Waals surface area contributed by atoms with Gasteiger partial charge in [0.05, 0.1) is 6.10 Å². The molecule has 0 radical (unpaired) electrons. The molecule has 0 fully saturated rings. The second kappa shape index (κ2) is 41.8. The van der Waals surface area contributed by atoms with Crippen molar-refractivity contribution >= 4 is 82.9 Å². The average molecular weight is 1200 g/mol. The van der Waals surface area contributed by atoms with Gasteiger partial charge < -0.3 is 110 Å². The molecule has 0 bridgehead atoms. The van der Waals surface area contributed by atoms with Gasteiger partial charge in [0.15, 0.2) is 17.9 Å². The molecule has 29 N–H and O–H groups in total. The van der Waals surface area contributed by atoms with Crippen LogP contribution in [0.2, 0.25) is 0 Å². The molecule has 0 saturated heterocycles. The Bertz CT molecular complexity index is 2240. The van der Waals surface area contributed by atoms with Gasteiger partial charge in [0.1, 0.15) is 54.4 Å². The Hall–Kier alpha value is -8.14. The summed E-state index contributed by atoms with van der Waals surface area (Å²) in [5.41, 5.74) is 49.9. The summed E-state index contributed by atoms with van der Waals surface area (Å²) in [6.07, 6.45) is -0.423. The van der Waals surface area contributed by atoms with Crippen molar-refractivity contribution in [1.82, 2.24) is 47.9 Å². The monoisotopic (exact) mass is 1200 g/mol. The van der Waals surface area contributed by atoms with E-state index < -0.39 is 138 Å². The molecule has 0 rings (SSSR count). The van der Waals surface area contributed by atoms with Gasteiger partial charge in [-0.3, -0.25) is 67.7 Å². The van der Waals surface area contributed by atoms with Crippen LogP contribution in [0.15, 0.2) is 15.0 Å². The highest BCUT2D eigenvalue weighted by Gasteiger charge is 2.36. The molecule has 0 aromatic heterocycles. The van der Waals surface area contributed by atoms with E-state index in [1.165, 1.54) is 13.8 Å². The molecule has 34 heteroatoms. The minimum absolute atomic E-state index is 0.000623. The Morgan fingerprint density at radius 2 is 0.738 bits per heavy atom. The molecule has 10 amide bonds. The fourth-order valence-corrected chi connectivity index (χ4v) is 8.02. The van der Waals surface area contributed by atoms with Crippen molar-refractivity contribution in [2.75, 3.05) is 32.7 Å². The standard InChI is InChI=1S/C50H95N21O13/c1-6-26(2)37(70-45(82)33(17-12-24-61-49(56)57)65-40(77)27(3)63-41(78)35(64-29(5)73)19-20-36(74)75)47(84)69-32(16-11-23-60-48(54)55)44(81)67-30(14-7-9-21-51)42(79)66-31(15-8-10-22-52)43(80)68-34(18-13-25-62-50(58)59)46(83)71-38(28(4)72)39(53)76/h26-28,30-35,37-38,72H,6-25,51-52H2,1-5H3,(H2,53,76)(H,63,78)(H,64,73)(H,65,77)(H,66,79)(H,67,81)(H,68,80)(H,69,84)(H,70,82)(H,71,83)(H,74,75)(H4,54,55,60)(H4,56,57,61)(H4,58,59,62)/t26-,27-,28+,30-,31-,32-,33-,34-,35-,37-,38-/m0/s1. The highest BCUT2D eigenvalue weighted by Crippen LogP contribution is 2.14. The van der Waals surface area contributed by atoms with E-state index in [1.807, 2.05) is 0 Å². The lowest BCUT2D eigenvalue weighted by molar-refractivity contribution is -0.138. The Kier molecular flexibility index (Phi) is 37.7. The summed E-state index contributed by atoms with van der Waals surface area (Å²) in [4.78, 5) is 159. The number of aliphatic hydroxyl groups is 1. The zero-order chi connectivity index (χ0) is 64.1. The number of unbranched alkanes of at least 4 members (excludes halogenated alkanes) is 2. The summed E-state index contributed by atoms with van der Waals surface area (Å²) in [6, 6.07) is -12.5. The van der Waals surface area contributed by atoms with Gasteiger partial charge in [-0.05, 0) is 116 Å². The van der Waals surface area contributed by atoms with Crippen LogP contribution in [0.1, 0.15) is 131 Å². The van der Waals surface area contributed by atoms with Crippen LogP contribution in [-0.4, -0.2) is 186 Å². The first-order chi connectivity index (χ1) is 39.5. The molecular formula is C50H95N21O13. The molecule has 478 valence electrons. The number of aliphatic imine (C=N–C) groups is 3. The predicted molar refractivity (Wildman–Crippen MR) is 311 cm³/mol. The van der Waals surface area contributed by atoms with E-state index in [0.29, 0.717) is 32.1 Å². The van der Waals surface area contributed by atoms with E-state index in [9.17, 15) is 57.8 Å². The van der Waals surface area contributed by atoms with E-state index in [1.54, 1.807) is 13.8 Å². The molecule has 0 aromatic rings. The quantitative estimate of drug-likeness (QED) is 0.0153. The first-order valence-electron chi connectivity index (χ1n) is 27.9. The lowest BCUT2D eigenvalue weighted by atomic mass is 9.96. The Morgan fingerprint density at radius 3 is 1.06 bits per heavy atom. The summed E-state index contributed by atoms with van der Waals surface area (Å²) in [5.74, 6) is -11.2. The van der Waals surface area contributed by atoms with Crippen LogP contribution in [0.5, 0.6) is 0 Å². The summed E-state index contributed by atoms with van der Waals surface area (Å²) < 4.78 is 0. The van der Waals surface area contributed by atoms with Gasteiger partial charge in [-0.1, -0.05) is 20.3 Å². The number of carbonyl (C=O) groups is 11. The number of carboxylic acid groups (broad SMARTS) is 1. The van der Waals surface area contributed by atoms with Crippen LogP contribution in [0.4, 0.5) is 0 Å². The molecule has 11 atom stereocenters. The average Bonchev–Trinajstić information content (AvgIpc) is 3.44. The normalized spacial score (nSPS) is 14.8. The third-order valence-electron chi connectivity index (χ3n) is 12.9. The second-order valence-corrected chi connectivity index (χ2v) is 20.1. The molecule has 0 heterocycles. The van der Waals surface area contributed by atoms with Crippen molar-refractivity contribution in [3.63, 3.8) is 0 Å². The number of hydrogen-bond acceptors (Lipinski definition) is 17. The van der Waals surface area contributed by atoms with Gasteiger partial charge in [-0.25, -0.2) is 0 Å². The van der Waals surface area contributed by atoms with Gasteiger partial charge in [0.2, 0.25) is 59.1 Å². The molecule has 0 aliphatic heterocycles. The van der Waals surface area contributed by atoms with Crippen molar-refractivity contribution in [3.8, 4) is 0 Å². The van der Waals surface area contributed by atoms with Crippen molar-refractivity contribution in [1.29, 1.82) is 0 Å². The Labute approximate surface area is 489 Å². The van der Waals surface area contributed by atoms with E-state index >= 15 is 0 Å². The topological polar surface area (TPSA) is 608 Å². The van der Waals surface area contributed by atoms with Crippen molar-refractivity contribution in [3.05, 3.63) is 0 Å². The first kappa shape index (κ1) is 75.9. The molecule has 0 aromatic carbocycles. The van der Waals surface area contributed by atoms with Gasteiger partial charge in [0.25, 0.3) is 0 Å². The van der Waals surface area contributed by atoms with Crippen LogP contribution in [0.3, 0.4) is 0 Å². The number of guanidine groups is 3. The first-order valence-corrected chi connectivity index (χ1v) is 27.9. The number of nitrogens with two attached hydrogens (primary N) is 9. The maximum atomic E-state index is 14.5. The summed E-state index contributed by atoms with van der Waals surface area (Å²) in [7, 11) is 0. The fourth-order valence-electron chi connectivity index (χ4n) is 8.02. The molecule has 0 saturated carbocycles. The second-order valence-electron chi connectivity index (χ2n) is 20.1. The van der Waals surface area contributed by atoms with Crippen molar-refractivity contribution in [2.24, 2.45) is 72.5 Å². The zero-order valence-corrected chi connectivity index (χ0v) is 48.9. The summed E-state index contributed by atoms with van der Waals surface area (Å²) >= 11 is 0. The lowest BCUT2D eigenvalue weighted by Gasteiger charge is -2.30.